The van der Waals surface area contributed by atoms with Crippen molar-refractivity contribution in [1.82, 2.24) is 9.21 Å². The molecule has 1 amide bonds. The molecule has 0 unspecified atom stereocenters. The normalized spacial score (nSPS) is 18.3. The van der Waals surface area contributed by atoms with E-state index in [1.165, 1.54) is 15.6 Å². The van der Waals surface area contributed by atoms with E-state index in [2.05, 4.69) is 0 Å². The van der Waals surface area contributed by atoms with Gasteiger partial charge in [0.25, 0.3) is 10.0 Å². The van der Waals surface area contributed by atoms with Gasteiger partial charge in [-0.25, -0.2) is 8.42 Å². The van der Waals surface area contributed by atoms with Crippen LogP contribution in [0.2, 0.25) is 0 Å². The van der Waals surface area contributed by atoms with Gasteiger partial charge in [-0.05, 0) is 18.6 Å². The summed E-state index contributed by atoms with van der Waals surface area (Å²) >= 11 is 1.28. The average molecular weight is 288 g/mol. The van der Waals surface area contributed by atoms with Crippen LogP contribution in [0.1, 0.15) is 11.8 Å². The van der Waals surface area contributed by atoms with Crippen LogP contribution in [0, 0.1) is 0 Å². The van der Waals surface area contributed by atoms with Gasteiger partial charge in [-0.2, -0.15) is 4.31 Å². The molecule has 2 heterocycles. The summed E-state index contributed by atoms with van der Waals surface area (Å²) in [6, 6.07) is 3.46. The molecule has 0 spiro atoms. The summed E-state index contributed by atoms with van der Waals surface area (Å²) in [4.78, 5) is 14.2. The van der Waals surface area contributed by atoms with Gasteiger partial charge in [0.1, 0.15) is 4.21 Å². The summed E-state index contributed by atoms with van der Waals surface area (Å²) in [6.07, 6.45) is 0.821. The molecule has 5 nitrogen and oxygen atoms in total. The third-order valence-corrected chi connectivity index (χ3v) is 6.54. The number of hydrogen-bond acceptors (Lipinski definition) is 4. The van der Waals surface area contributed by atoms with Crippen LogP contribution in [0.15, 0.2) is 16.3 Å². The van der Waals surface area contributed by atoms with Crippen LogP contribution in [0.25, 0.3) is 0 Å². The number of carbonyl (C=O) groups excluding carboxylic acids is 1. The maximum atomic E-state index is 12.3. The van der Waals surface area contributed by atoms with E-state index in [0.717, 1.165) is 11.3 Å². The molecule has 0 radical (unpaired) electrons. The summed E-state index contributed by atoms with van der Waals surface area (Å²) in [7, 11) is -1.82. The highest BCUT2D eigenvalue weighted by molar-refractivity contribution is 7.91. The van der Waals surface area contributed by atoms with Crippen molar-refractivity contribution < 1.29 is 13.2 Å². The monoisotopic (exact) mass is 288 g/mol. The van der Waals surface area contributed by atoms with E-state index in [1.807, 2.05) is 13.0 Å². The van der Waals surface area contributed by atoms with Gasteiger partial charge in [0, 0.05) is 25.0 Å². The topological polar surface area (TPSA) is 57.7 Å². The first-order valence-electron chi connectivity index (χ1n) is 5.78. The molecule has 7 heteroatoms. The number of rotatable bonds is 3. The van der Waals surface area contributed by atoms with Crippen LogP contribution < -0.4 is 0 Å². The molecule has 0 N–H and O–H groups in total. The third kappa shape index (κ3) is 2.43. The Bertz CT molecular complexity index is 550. The van der Waals surface area contributed by atoms with Crippen molar-refractivity contribution >= 4 is 27.3 Å². The van der Waals surface area contributed by atoms with Gasteiger partial charge in [-0.3, -0.25) is 4.79 Å². The summed E-state index contributed by atoms with van der Waals surface area (Å²) in [5, 5.41) is 0. The molecule has 1 saturated heterocycles. The molecule has 0 aromatic carbocycles. The lowest BCUT2D eigenvalue weighted by molar-refractivity contribution is -0.132. The maximum Gasteiger partial charge on any atom is 0.253 e. The van der Waals surface area contributed by atoms with Crippen molar-refractivity contribution in [3.05, 3.63) is 17.0 Å². The molecule has 1 fully saturated rings. The van der Waals surface area contributed by atoms with E-state index in [9.17, 15) is 13.2 Å². The molecule has 1 aromatic heterocycles. The second kappa shape index (κ2) is 4.99. The zero-order chi connectivity index (χ0) is 13.3. The zero-order valence-electron chi connectivity index (χ0n) is 10.4. The number of amides is 1. The van der Waals surface area contributed by atoms with Crippen LogP contribution in [0.5, 0.6) is 0 Å². The van der Waals surface area contributed by atoms with Crippen LogP contribution in [-0.2, 0) is 21.2 Å². The van der Waals surface area contributed by atoms with E-state index in [1.54, 1.807) is 18.0 Å². The summed E-state index contributed by atoms with van der Waals surface area (Å²) in [5.74, 6) is -0.155. The summed E-state index contributed by atoms with van der Waals surface area (Å²) in [6.45, 7) is 2.74. The van der Waals surface area contributed by atoms with Gasteiger partial charge < -0.3 is 4.90 Å². The Hall–Kier alpha value is -0.920. The van der Waals surface area contributed by atoms with Gasteiger partial charge in [0.2, 0.25) is 5.91 Å². The van der Waals surface area contributed by atoms with Gasteiger partial charge in [-0.15, -0.1) is 11.3 Å². The van der Waals surface area contributed by atoms with Gasteiger partial charge in [0.05, 0.1) is 6.54 Å². The molecular weight excluding hydrogens is 272 g/mol. The van der Waals surface area contributed by atoms with Crippen LogP contribution in [-0.4, -0.2) is 50.2 Å². The van der Waals surface area contributed by atoms with Crippen molar-refractivity contribution in [2.24, 2.45) is 0 Å². The quantitative estimate of drug-likeness (QED) is 0.825. The number of nitrogens with zero attached hydrogens (tertiary/aromatic N) is 2. The number of piperazine rings is 1. The van der Waals surface area contributed by atoms with E-state index in [-0.39, 0.29) is 12.5 Å². The number of carbonyl (C=O) groups is 1. The number of aryl methyl sites for hydroxylation is 1. The second-order valence-corrected chi connectivity index (χ2v) is 7.56. The first-order valence-corrected chi connectivity index (χ1v) is 8.03. The lowest BCUT2D eigenvalue weighted by Gasteiger charge is -2.30. The highest BCUT2D eigenvalue weighted by atomic mass is 32.2. The van der Waals surface area contributed by atoms with Crippen molar-refractivity contribution in [3.8, 4) is 0 Å². The minimum absolute atomic E-state index is 0.0573. The third-order valence-electron chi connectivity index (χ3n) is 3.00. The fourth-order valence-corrected chi connectivity index (χ4v) is 4.59. The number of thiophene rings is 1. The molecule has 18 heavy (non-hydrogen) atoms. The van der Waals surface area contributed by atoms with E-state index < -0.39 is 10.0 Å². The smallest absolute Gasteiger partial charge is 0.253 e. The molecular formula is C11H16N2O3S2. The van der Waals surface area contributed by atoms with Gasteiger partial charge in [-0.1, -0.05) is 6.92 Å². The van der Waals surface area contributed by atoms with Crippen LogP contribution in [0.4, 0.5) is 0 Å². The summed E-state index contributed by atoms with van der Waals surface area (Å²) in [5.41, 5.74) is 0. The molecule has 100 valence electrons. The Labute approximate surface area is 111 Å². The largest absolute Gasteiger partial charge is 0.343 e. The zero-order valence-corrected chi connectivity index (χ0v) is 12.1. The van der Waals surface area contributed by atoms with Crippen molar-refractivity contribution in [3.63, 3.8) is 0 Å². The highest BCUT2D eigenvalue weighted by Gasteiger charge is 2.32. The molecule has 1 aromatic rings. The molecule has 2 rings (SSSR count). The number of likely N-dealkylation sites (N-methyl/N-ethyl adjacent to an activating group) is 1. The predicted molar refractivity (Wildman–Crippen MR) is 70.1 cm³/mol. The van der Waals surface area contributed by atoms with E-state index in [4.69, 9.17) is 0 Å². The minimum Gasteiger partial charge on any atom is -0.343 e. The second-order valence-electron chi connectivity index (χ2n) is 4.23. The Morgan fingerprint density at radius 3 is 2.61 bits per heavy atom. The average Bonchev–Trinajstić information content (AvgIpc) is 2.81. The first-order chi connectivity index (χ1) is 8.45. The fraction of sp³-hybridized carbons (Fsp3) is 0.545. The Kier molecular flexibility index (Phi) is 3.74. The Balaban J connectivity index is 2.23. The van der Waals surface area contributed by atoms with Crippen molar-refractivity contribution in [2.75, 3.05) is 26.7 Å². The standard InChI is InChI=1S/C11H16N2O3S2/c1-3-9-4-5-11(17-9)18(15,16)13-7-6-12(2)10(14)8-13/h4-5H,3,6-8H2,1-2H3. The van der Waals surface area contributed by atoms with Gasteiger partial charge in [0.15, 0.2) is 0 Å². The lowest BCUT2D eigenvalue weighted by Crippen LogP contribution is -2.50. The SMILES string of the molecule is CCc1ccc(S(=O)(=O)N2CCN(C)C(=O)C2)s1. The Morgan fingerprint density at radius 2 is 2.06 bits per heavy atom. The molecule has 0 saturated carbocycles. The molecule has 0 atom stereocenters. The van der Waals surface area contributed by atoms with Crippen molar-refractivity contribution in [1.29, 1.82) is 0 Å². The Morgan fingerprint density at radius 1 is 1.33 bits per heavy atom. The van der Waals surface area contributed by atoms with Crippen LogP contribution in [0.3, 0.4) is 0 Å². The lowest BCUT2D eigenvalue weighted by atomic mass is 10.4. The molecule has 0 aliphatic carbocycles. The number of sulfonamides is 1. The van der Waals surface area contributed by atoms with Crippen LogP contribution >= 0.6 is 11.3 Å². The van der Waals surface area contributed by atoms with E-state index in [0.29, 0.717) is 17.3 Å². The van der Waals surface area contributed by atoms with Gasteiger partial charge >= 0.3 is 0 Å². The summed E-state index contributed by atoms with van der Waals surface area (Å²) < 4.78 is 26.3. The van der Waals surface area contributed by atoms with Crippen molar-refractivity contribution in [2.45, 2.75) is 17.6 Å². The molecule has 1 aliphatic rings. The number of hydrogen-bond donors (Lipinski definition) is 0. The van der Waals surface area contributed by atoms with E-state index >= 15 is 0 Å². The molecule has 0 bridgehead atoms. The predicted octanol–water partition coefficient (Wildman–Crippen LogP) is 0.773. The molecule has 1 aliphatic heterocycles. The maximum absolute atomic E-state index is 12.3. The highest BCUT2D eigenvalue weighted by Crippen LogP contribution is 2.25. The minimum atomic E-state index is -3.50. The fourth-order valence-electron chi connectivity index (χ4n) is 1.76. The first kappa shape index (κ1) is 13.5.